The van der Waals surface area contributed by atoms with Crippen LogP contribution in [0.1, 0.15) is 25.8 Å². The molecule has 1 aliphatic heterocycles. The van der Waals surface area contributed by atoms with Gasteiger partial charge in [0.1, 0.15) is 5.76 Å². The minimum absolute atomic E-state index is 0.346. The van der Waals surface area contributed by atoms with E-state index >= 15 is 0 Å². The fourth-order valence-corrected chi connectivity index (χ4v) is 2.41. The molecule has 0 spiro atoms. The summed E-state index contributed by atoms with van der Waals surface area (Å²) in [5.74, 6) is 0.638. The van der Waals surface area contributed by atoms with E-state index in [0.717, 1.165) is 5.56 Å². The van der Waals surface area contributed by atoms with Gasteiger partial charge >= 0.3 is 0 Å². The quantitative estimate of drug-likeness (QED) is 0.826. The highest BCUT2D eigenvalue weighted by molar-refractivity contribution is 5.35. The Hall–Kier alpha value is -1.54. The lowest BCUT2D eigenvalue weighted by Gasteiger charge is -2.34. The van der Waals surface area contributed by atoms with Crippen molar-refractivity contribution in [2.45, 2.75) is 25.9 Å². The molecule has 0 radical (unpaired) electrons. The molecule has 2 heteroatoms. The van der Waals surface area contributed by atoms with Crippen molar-refractivity contribution < 1.29 is 9.84 Å². The summed E-state index contributed by atoms with van der Waals surface area (Å²) in [4.78, 5) is 0. The van der Waals surface area contributed by atoms with E-state index in [4.69, 9.17) is 4.74 Å². The molecular weight excluding hydrogens is 224 g/mol. The number of benzene rings is 1. The first-order chi connectivity index (χ1) is 8.52. The zero-order chi connectivity index (χ0) is 13.2. The molecule has 96 valence electrons. The highest BCUT2D eigenvalue weighted by atomic mass is 16.5. The molecule has 1 aliphatic rings. The molecule has 1 unspecified atom stereocenters. The number of aliphatic hydroxyl groups is 1. The third-order valence-corrected chi connectivity index (χ3v) is 3.59. The predicted octanol–water partition coefficient (Wildman–Crippen LogP) is 3.39. The number of rotatable bonds is 3. The maximum Gasteiger partial charge on any atom is 0.154 e. The molecular formula is C16H20O2. The highest BCUT2D eigenvalue weighted by Gasteiger charge is 2.54. The van der Waals surface area contributed by atoms with Gasteiger partial charge in [-0.15, -0.1) is 6.58 Å². The molecule has 1 aromatic rings. The molecule has 1 N–H and O–H groups in total. The van der Waals surface area contributed by atoms with Crippen LogP contribution in [-0.4, -0.2) is 11.7 Å². The van der Waals surface area contributed by atoms with Crippen LogP contribution in [0.2, 0.25) is 0 Å². The summed E-state index contributed by atoms with van der Waals surface area (Å²) in [6, 6.07) is 9.71. The zero-order valence-corrected chi connectivity index (χ0v) is 11.0. The maximum atomic E-state index is 11.1. The summed E-state index contributed by atoms with van der Waals surface area (Å²) < 4.78 is 5.70. The van der Waals surface area contributed by atoms with Gasteiger partial charge in [0.15, 0.2) is 5.60 Å². The normalized spacial score (nSPS) is 28.1. The summed E-state index contributed by atoms with van der Waals surface area (Å²) in [6.07, 6.45) is 4.41. The van der Waals surface area contributed by atoms with Crippen molar-refractivity contribution in [3.63, 3.8) is 0 Å². The molecule has 1 aromatic carbocycles. The van der Waals surface area contributed by atoms with Gasteiger partial charge < -0.3 is 9.84 Å². The minimum Gasteiger partial charge on any atom is -0.494 e. The van der Waals surface area contributed by atoms with Crippen molar-refractivity contribution in [2.75, 3.05) is 6.61 Å². The van der Waals surface area contributed by atoms with Crippen molar-refractivity contribution >= 4 is 0 Å². The van der Waals surface area contributed by atoms with Crippen LogP contribution in [0.25, 0.3) is 0 Å². The molecule has 1 heterocycles. The number of ether oxygens (including phenoxy) is 1. The predicted molar refractivity (Wildman–Crippen MR) is 73.0 cm³/mol. The third-order valence-electron chi connectivity index (χ3n) is 3.59. The van der Waals surface area contributed by atoms with E-state index in [-0.39, 0.29) is 5.41 Å². The molecule has 1 fully saturated rings. The maximum absolute atomic E-state index is 11.1. The first-order valence-corrected chi connectivity index (χ1v) is 6.24. The van der Waals surface area contributed by atoms with Gasteiger partial charge in [-0.1, -0.05) is 50.3 Å². The van der Waals surface area contributed by atoms with Gasteiger partial charge in [0.25, 0.3) is 0 Å². The van der Waals surface area contributed by atoms with Gasteiger partial charge in [0, 0.05) is 5.41 Å². The number of hydrogen-bond donors (Lipinski definition) is 1. The van der Waals surface area contributed by atoms with E-state index in [1.165, 1.54) is 0 Å². The van der Waals surface area contributed by atoms with Crippen LogP contribution in [-0.2, 0) is 10.3 Å². The van der Waals surface area contributed by atoms with Crippen molar-refractivity contribution in [3.8, 4) is 0 Å². The van der Waals surface area contributed by atoms with E-state index in [0.29, 0.717) is 18.8 Å². The second-order valence-corrected chi connectivity index (χ2v) is 5.34. The Morgan fingerprint density at radius 2 is 2.00 bits per heavy atom. The third kappa shape index (κ3) is 1.87. The van der Waals surface area contributed by atoms with Gasteiger partial charge in [-0.05, 0) is 18.1 Å². The Kier molecular flexibility index (Phi) is 3.31. The Balaban J connectivity index is 2.50. The van der Waals surface area contributed by atoms with E-state index in [1.807, 2.05) is 50.3 Å². The summed E-state index contributed by atoms with van der Waals surface area (Å²) in [5, 5.41) is 11.1. The Morgan fingerprint density at radius 3 is 2.61 bits per heavy atom. The lowest BCUT2D eigenvalue weighted by atomic mass is 9.72. The monoisotopic (exact) mass is 244 g/mol. The van der Waals surface area contributed by atoms with E-state index < -0.39 is 5.60 Å². The first-order valence-electron chi connectivity index (χ1n) is 6.24. The molecule has 0 aromatic heterocycles. The first kappa shape index (κ1) is 12.9. The molecule has 0 saturated carbocycles. The highest BCUT2D eigenvalue weighted by Crippen LogP contribution is 2.51. The van der Waals surface area contributed by atoms with Gasteiger partial charge in [-0.2, -0.15) is 0 Å². The second-order valence-electron chi connectivity index (χ2n) is 5.34. The zero-order valence-electron chi connectivity index (χ0n) is 11.0. The van der Waals surface area contributed by atoms with Crippen LogP contribution < -0.4 is 0 Å². The lowest BCUT2D eigenvalue weighted by molar-refractivity contribution is -0.0127. The molecule has 2 rings (SSSR count). The molecule has 0 amide bonds. The summed E-state index contributed by atoms with van der Waals surface area (Å²) >= 11 is 0. The molecule has 0 aliphatic carbocycles. The minimum atomic E-state index is -1.06. The van der Waals surface area contributed by atoms with E-state index in [9.17, 15) is 5.11 Å². The molecule has 1 atom stereocenters. The van der Waals surface area contributed by atoms with Crippen LogP contribution in [0.3, 0.4) is 0 Å². The van der Waals surface area contributed by atoms with Crippen LogP contribution in [0.4, 0.5) is 0 Å². The Labute approximate surface area is 109 Å². The van der Waals surface area contributed by atoms with Crippen molar-refractivity contribution in [2.24, 2.45) is 5.41 Å². The number of allylic oxidation sites excluding steroid dienone is 2. The average molecular weight is 244 g/mol. The molecule has 2 nitrogen and oxygen atoms in total. The van der Waals surface area contributed by atoms with Crippen LogP contribution in [0.15, 0.2) is 54.8 Å². The fraction of sp³-hybridized carbons (Fsp3) is 0.375. The fourth-order valence-electron chi connectivity index (χ4n) is 2.41. The summed E-state index contributed by atoms with van der Waals surface area (Å²) in [7, 11) is 0. The molecule has 0 bridgehead atoms. The SMILES string of the molecule is C=CC/C=C1\OCC(C)(C)C1(O)c1ccccc1. The van der Waals surface area contributed by atoms with Gasteiger partial charge in [-0.3, -0.25) is 0 Å². The van der Waals surface area contributed by atoms with Crippen molar-refractivity contribution in [1.82, 2.24) is 0 Å². The van der Waals surface area contributed by atoms with Crippen LogP contribution in [0, 0.1) is 5.41 Å². The average Bonchev–Trinajstić information content (AvgIpc) is 2.61. The van der Waals surface area contributed by atoms with E-state index in [2.05, 4.69) is 6.58 Å². The summed E-state index contributed by atoms with van der Waals surface area (Å²) in [5.41, 5.74) is -0.527. The molecule has 1 saturated heterocycles. The topological polar surface area (TPSA) is 29.5 Å². The standard InChI is InChI=1S/C16H20O2/c1-4-5-11-14-16(17,15(2,3)12-18-14)13-9-7-6-8-10-13/h4,6-11,17H,1,5,12H2,2-3H3/b14-11-. The largest absolute Gasteiger partial charge is 0.494 e. The molecule has 18 heavy (non-hydrogen) atoms. The van der Waals surface area contributed by atoms with E-state index in [1.54, 1.807) is 6.08 Å². The van der Waals surface area contributed by atoms with Crippen LogP contribution >= 0.6 is 0 Å². The van der Waals surface area contributed by atoms with Crippen molar-refractivity contribution in [1.29, 1.82) is 0 Å². The Morgan fingerprint density at radius 1 is 1.33 bits per heavy atom. The second kappa shape index (κ2) is 4.62. The number of hydrogen-bond acceptors (Lipinski definition) is 2. The van der Waals surface area contributed by atoms with Gasteiger partial charge in [0.2, 0.25) is 0 Å². The van der Waals surface area contributed by atoms with Gasteiger partial charge in [0.05, 0.1) is 6.61 Å². The van der Waals surface area contributed by atoms with Gasteiger partial charge in [-0.25, -0.2) is 0 Å². The summed E-state index contributed by atoms with van der Waals surface area (Å²) in [6.45, 7) is 8.26. The van der Waals surface area contributed by atoms with Crippen molar-refractivity contribution in [3.05, 3.63) is 60.4 Å². The van der Waals surface area contributed by atoms with Crippen LogP contribution in [0.5, 0.6) is 0 Å². The lowest BCUT2D eigenvalue weighted by Crippen LogP contribution is -2.39. The smallest absolute Gasteiger partial charge is 0.154 e. The Bertz CT molecular complexity index is 459.